The lowest BCUT2D eigenvalue weighted by molar-refractivity contribution is -0.129. The van der Waals surface area contributed by atoms with E-state index in [4.69, 9.17) is 4.74 Å². The summed E-state index contributed by atoms with van der Waals surface area (Å²) >= 11 is 0. The van der Waals surface area contributed by atoms with E-state index in [9.17, 15) is 13.2 Å². The molecule has 3 aromatic carbocycles. The zero-order chi connectivity index (χ0) is 24.8. The van der Waals surface area contributed by atoms with Gasteiger partial charge in [0.25, 0.3) is 10.0 Å². The van der Waals surface area contributed by atoms with Crippen LogP contribution in [0.25, 0.3) is 0 Å². The molecule has 1 saturated heterocycles. The van der Waals surface area contributed by atoms with Crippen LogP contribution in [-0.4, -0.2) is 66.1 Å². The minimum Gasteiger partial charge on any atom is -0.497 e. The maximum Gasteiger partial charge on any atom is 0.264 e. The first-order valence-corrected chi connectivity index (χ1v) is 12.9. The number of rotatable bonds is 8. The fourth-order valence-electron chi connectivity index (χ4n) is 4.00. The molecular formula is C26H30N4O4S. The molecule has 35 heavy (non-hydrogen) atoms. The number of methoxy groups -OCH3 is 1. The van der Waals surface area contributed by atoms with Crippen molar-refractivity contribution in [3.05, 3.63) is 78.9 Å². The van der Waals surface area contributed by atoms with Gasteiger partial charge in [-0.25, -0.2) is 8.42 Å². The number of para-hydroxylation sites is 1. The molecule has 0 spiro atoms. The first kappa shape index (κ1) is 24.4. The minimum atomic E-state index is -3.73. The third kappa shape index (κ3) is 5.68. The van der Waals surface area contributed by atoms with Gasteiger partial charge in [-0.3, -0.25) is 9.10 Å². The van der Waals surface area contributed by atoms with Crippen molar-refractivity contribution < 1.29 is 17.9 Å². The van der Waals surface area contributed by atoms with Crippen LogP contribution in [0.2, 0.25) is 0 Å². The molecule has 1 amide bonds. The number of piperazine rings is 1. The number of ether oxygens (including phenoxy) is 1. The summed E-state index contributed by atoms with van der Waals surface area (Å²) in [6, 6.07) is 23.4. The van der Waals surface area contributed by atoms with Crippen LogP contribution in [-0.2, 0) is 14.8 Å². The van der Waals surface area contributed by atoms with E-state index in [0.717, 1.165) is 24.5 Å². The third-order valence-electron chi connectivity index (χ3n) is 6.13. The summed E-state index contributed by atoms with van der Waals surface area (Å²) in [4.78, 5) is 17.0. The molecule has 0 aliphatic carbocycles. The molecule has 1 N–H and O–H groups in total. The topological polar surface area (TPSA) is 82.2 Å². The van der Waals surface area contributed by atoms with Crippen molar-refractivity contribution in [3.63, 3.8) is 0 Å². The molecule has 9 heteroatoms. The van der Waals surface area contributed by atoms with Crippen molar-refractivity contribution in [1.82, 2.24) is 4.90 Å². The van der Waals surface area contributed by atoms with Crippen molar-refractivity contribution in [2.24, 2.45) is 0 Å². The molecule has 4 rings (SSSR count). The van der Waals surface area contributed by atoms with Crippen molar-refractivity contribution in [3.8, 4) is 5.75 Å². The van der Waals surface area contributed by atoms with Crippen LogP contribution in [0, 0.1) is 0 Å². The van der Waals surface area contributed by atoms with Gasteiger partial charge in [-0.05, 0) is 54.6 Å². The second-order valence-electron chi connectivity index (χ2n) is 8.26. The van der Waals surface area contributed by atoms with Gasteiger partial charge in [0.15, 0.2) is 0 Å². The average molecular weight is 495 g/mol. The Kier molecular flexibility index (Phi) is 7.45. The average Bonchev–Trinajstić information content (AvgIpc) is 2.92. The molecule has 1 heterocycles. The van der Waals surface area contributed by atoms with E-state index in [1.165, 1.54) is 11.4 Å². The SMILES string of the molecule is COc1ccc(N2CCN(C(=O)CNc3cccc(S(=O)(=O)N(C)c4ccccc4)c3)CC2)cc1. The van der Waals surface area contributed by atoms with Crippen molar-refractivity contribution in [1.29, 1.82) is 0 Å². The van der Waals surface area contributed by atoms with Gasteiger partial charge in [0.2, 0.25) is 5.91 Å². The van der Waals surface area contributed by atoms with Gasteiger partial charge in [0.05, 0.1) is 24.2 Å². The van der Waals surface area contributed by atoms with Crippen LogP contribution in [0.4, 0.5) is 17.1 Å². The van der Waals surface area contributed by atoms with Crippen LogP contribution >= 0.6 is 0 Å². The number of carbonyl (C=O) groups excluding carboxylic acids is 1. The van der Waals surface area contributed by atoms with Crippen molar-refractivity contribution in [2.45, 2.75) is 4.90 Å². The second kappa shape index (κ2) is 10.7. The molecule has 1 fully saturated rings. The first-order chi connectivity index (χ1) is 16.9. The smallest absolute Gasteiger partial charge is 0.264 e. The Morgan fingerprint density at radius 3 is 2.29 bits per heavy atom. The van der Waals surface area contributed by atoms with Crippen LogP contribution in [0.15, 0.2) is 83.8 Å². The van der Waals surface area contributed by atoms with Crippen molar-refractivity contribution >= 4 is 33.0 Å². The zero-order valence-corrected chi connectivity index (χ0v) is 20.7. The number of sulfonamides is 1. The molecular weight excluding hydrogens is 464 g/mol. The van der Waals surface area contributed by atoms with Gasteiger partial charge in [-0.2, -0.15) is 0 Å². The molecule has 3 aromatic rings. The summed E-state index contributed by atoms with van der Waals surface area (Å²) in [5, 5.41) is 3.09. The van der Waals surface area contributed by atoms with Gasteiger partial charge >= 0.3 is 0 Å². The fraction of sp³-hybridized carbons (Fsp3) is 0.269. The summed E-state index contributed by atoms with van der Waals surface area (Å²) in [6.07, 6.45) is 0. The Bertz CT molecular complexity index is 1240. The van der Waals surface area contributed by atoms with Crippen LogP contribution in [0.5, 0.6) is 5.75 Å². The number of benzene rings is 3. The summed E-state index contributed by atoms with van der Waals surface area (Å²) < 4.78 is 32.6. The van der Waals surface area contributed by atoms with E-state index >= 15 is 0 Å². The molecule has 0 atom stereocenters. The molecule has 0 bridgehead atoms. The van der Waals surface area contributed by atoms with Crippen LogP contribution in [0.3, 0.4) is 0 Å². The molecule has 0 unspecified atom stereocenters. The lowest BCUT2D eigenvalue weighted by Gasteiger charge is -2.36. The number of carbonyl (C=O) groups is 1. The molecule has 1 aliphatic heterocycles. The molecule has 0 radical (unpaired) electrons. The molecule has 0 aromatic heterocycles. The van der Waals surface area contributed by atoms with Crippen LogP contribution < -0.4 is 19.3 Å². The lowest BCUT2D eigenvalue weighted by atomic mass is 10.2. The quantitative estimate of drug-likeness (QED) is 0.518. The maximum absolute atomic E-state index is 13.1. The van der Waals surface area contributed by atoms with Gasteiger partial charge in [0.1, 0.15) is 5.75 Å². The Balaban J connectivity index is 1.33. The van der Waals surface area contributed by atoms with E-state index < -0.39 is 10.0 Å². The summed E-state index contributed by atoms with van der Waals surface area (Å²) in [5.74, 6) is 0.797. The first-order valence-electron chi connectivity index (χ1n) is 11.4. The highest BCUT2D eigenvalue weighted by Gasteiger charge is 2.23. The Morgan fingerprint density at radius 2 is 1.63 bits per heavy atom. The van der Waals surface area contributed by atoms with Crippen molar-refractivity contribution in [2.75, 3.05) is 61.4 Å². The fourth-order valence-corrected chi connectivity index (χ4v) is 5.24. The Labute approximate surface area is 206 Å². The second-order valence-corrected chi connectivity index (χ2v) is 10.2. The zero-order valence-electron chi connectivity index (χ0n) is 19.9. The Hall–Kier alpha value is -3.72. The highest BCUT2D eigenvalue weighted by Crippen LogP contribution is 2.24. The largest absolute Gasteiger partial charge is 0.497 e. The van der Waals surface area contributed by atoms with E-state index in [2.05, 4.69) is 10.2 Å². The number of hydrogen-bond acceptors (Lipinski definition) is 6. The number of nitrogens with one attached hydrogen (secondary N) is 1. The van der Waals surface area contributed by atoms with Crippen LogP contribution in [0.1, 0.15) is 0 Å². The highest BCUT2D eigenvalue weighted by atomic mass is 32.2. The highest BCUT2D eigenvalue weighted by molar-refractivity contribution is 7.92. The summed E-state index contributed by atoms with van der Waals surface area (Å²) in [6.45, 7) is 2.85. The lowest BCUT2D eigenvalue weighted by Crippen LogP contribution is -2.50. The molecule has 8 nitrogen and oxygen atoms in total. The van der Waals surface area contributed by atoms with E-state index in [-0.39, 0.29) is 17.3 Å². The van der Waals surface area contributed by atoms with Gasteiger partial charge in [-0.15, -0.1) is 0 Å². The van der Waals surface area contributed by atoms with Gasteiger partial charge < -0.3 is 19.9 Å². The molecule has 184 valence electrons. The number of anilines is 3. The number of amides is 1. The monoisotopic (exact) mass is 494 g/mol. The Morgan fingerprint density at radius 1 is 0.943 bits per heavy atom. The maximum atomic E-state index is 13.1. The minimum absolute atomic E-state index is 0.0194. The third-order valence-corrected chi connectivity index (χ3v) is 7.91. The van der Waals surface area contributed by atoms with Gasteiger partial charge in [-0.1, -0.05) is 24.3 Å². The standard InChI is InChI=1S/C26H30N4O4S/c1-28(22-8-4-3-5-9-22)35(32,33)25-10-6-7-21(19-25)27-20-26(31)30-17-15-29(16-18-30)23-11-13-24(34-2)14-12-23/h3-14,19,27H,15-18,20H2,1-2H3. The summed E-state index contributed by atoms with van der Waals surface area (Å²) in [7, 11) is -0.554. The normalized spacial score (nSPS) is 13.9. The van der Waals surface area contributed by atoms with E-state index in [1.807, 2.05) is 35.2 Å². The summed E-state index contributed by atoms with van der Waals surface area (Å²) in [5.41, 5.74) is 2.27. The van der Waals surface area contributed by atoms with Gasteiger partial charge in [0, 0.05) is 44.6 Å². The molecule has 0 saturated carbocycles. The predicted octanol–water partition coefficient (Wildman–Crippen LogP) is 3.28. The van der Waals surface area contributed by atoms with E-state index in [0.29, 0.717) is 24.5 Å². The molecule has 1 aliphatic rings. The predicted molar refractivity (Wildman–Crippen MR) is 139 cm³/mol. The number of nitrogens with zero attached hydrogens (tertiary/aromatic N) is 3. The number of hydrogen-bond donors (Lipinski definition) is 1. The van der Waals surface area contributed by atoms with E-state index in [1.54, 1.807) is 55.6 Å².